The Hall–Kier alpha value is -2.62. The van der Waals surface area contributed by atoms with E-state index in [0.29, 0.717) is 33.1 Å². The van der Waals surface area contributed by atoms with Crippen molar-refractivity contribution in [3.8, 4) is 16.9 Å². The number of amides is 2. The van der Waals surface area contributed by atoms with Crippen LogP contribution in [-0.2, 0) is 14.8 Å². The fourth-order valence-electron chi connectivity index (χ4n) is 3.97. The molecule has 2 aromatic carbocycles. The average Bonchev–Trinajstić information content (AvgIpc) is 3.06. The minimum absolute atomic E-state index is 0.119. The fourth-order valence-corrected chi connectivity index (χ4v) is 4.92. The quantitative estimate of drug-likeness (QED) is 0.743. The smallest absolute Gasteiger partial charge is 0.256 e. The van der Waals surface area contributed by atoms with E-state index in [9.17, 15) is 18.0 Å². The molecule has 4 rings (SSSR count). The van der Waals surface area contributed by atoms with Crippen molar-refractivity contribution >= 4 is 39.1 Å². The maximum Gasteiger partial charge on any atom is 0.256 e. The molecule has 2 aliphatic heterocycles. The van der Waals surface area contributed by atoms with Crippen LogP contribution >= 0.6 is 11.6 Å². The van der Waals surface area contributed by atoms with Crippen molar-refractivity contribution in [1.82, 2.24) is 9.62 Å². The van der Waals surface area contributed by atoms with E-state index < -0.39 is 22.1 Å². The summed E-state index contributed by atoms with van der Waals surface area (Å²) < 4.78 is 31.0. The van der Waals surface area contributed by atoms with Gasteiger partial charge in [-0.3, -0.25) is 9.59 Å². The molecule has 1 saturated heterocycles. The number of hydrogen-bond donors (Lipinski definition) is 2. The number of sulfonamides is 1. The zero-order chi connectivity index (χ0) is 21.6. The van der Waals surface area contributed by atoms with Gasteiger partial charge in [0.25, 0.3) is 5.91 Å². The number of carbonyl (C=O) groups excluding carboxylic acids is 2. The number of rotatable bonds is 4. The Bertz CT molecular complexity index is 1150. The van der Waals surface area contributed by atoms with Crippen LogP contribution in [0.25, 0.3) is 11.1 Å². The third kappa shape index (κ3) is 3.88. The molecule has 2 aromatic rings. The molecule has 2 heterocycles. The van der Waals surface area contributed by atoms with Crippen molar-refractivity contribution in [3.05, 3.63) is 47.0 Å². The van der Waals surface area contributed by atoms with Crippen LogP contribution < -0.4 is 14.8 Å². The summed E-state index contributed by atoms with van der Waals surface area (Å²) in [5, 5.41) is 3.31. The molecule has 8 nitrogen and oxygen atoms in total. The number of nitrogens with one attached hydrogen (secondary N) is 2. The Morgan fingerprint density at radius 1 is 1.17 bits per heavy atom. The number of carbonyl (C=O) groups is 2. The summed E-state index contributed by atoms with van der Waals surface area (Å²) in [6.45, 7) is 0.119. The number of anilines is 1. The summed E-state index contributed by atoms with van der Waals surface area (Å²) in [6.07, 6.45) is 1.27. The molecule has 158 valence electrons. The average molecular weight is 450 g/mol. The number of ether oxygens (including phenoxy) is 1. The normalized spacial score (nSPS) is 21.0. The topological polar surface area (TPSA) is 105 Å². The van der Waals surface area contributed by atoms with Crippen LogP contribution in [0, 0.1) is 0 Å². The first-order valence-electron chi connectivity index (χ1n) is 9.23. The van der Waals surface area contributed by atoms with Gasteiger partial charge in [-0.25, -0.2) is 13.1 Å². The predicted molar refractivity (Wildman–Crippen MR) is 113 cm³/mol. The Morgan fingerprint density at radius 3 is 2.63 bits per heavy atom. The summed E-state index contributed by atoms with van der Waals surface area (Å²) in [5.41, 5.74) is 2.16. The molecule has 2 unspecified atom stereocenters. The number of fused-ring (bicyclic) bond motifs is 2. The lowest BCUT2D eigenvalue weighted by Gasteiger charge is -2.20. The number of methoxy groups -OCH3 is 1. The van der Waals surface area contributed by atoms with Gasteiger partial charge >= 0.3 is 0 Å². The summed E-state index contributed by atoms with van der Waals surface area (Å²) >= 11 is 6.14. The Morgan fingerprint density at radius 2 is 1.93 bits per heavy atom. The van der Waals surface area contributed by atoms with E-state index in [1.54, 1.807) is 43.5 Å². The molecule has 2 N–H and O–H groups in total. The Labute approximate surface area is 179 Å². The highest BCUT2D eigenvalue weighted by Gasteiger charge is 2.43. The number of nitrogens with zero attached hydrogens (tertiary/aromatic N) is 1. The first-order valence-corrected chi connectivity index (χ1v) is 11.5. The van der Waals surface area contributed by atoms with E-state index in [-0.39, 0.29) is 24.8 Å². The molecule has 2 aliphatic rings. The maximum atomic E-state index is 13.3. The second-order valence-electron chi connectivity index (χ2n) is 7.39. The lowest BCUT2D eigenvalue weighted by Crippen LogP contribution is -2.41. The second kappa shape index (κ2) is 7.57. The second-order valence-corrected chi connectivity index (χ2v) is 9.61. The Kier molecular flexibility index (Phi) is 5.21. The monoisotopic (exact) mass is 449 g/mol. The van der Waals surface area contributed by atoms with Crippen LogP contribution in [0.2, 0.25) is 5.02 Å². The van der Waals surface area contributed by atoms with Gasteiger partial charge in [-0.1, -0.05) is 17.7 Å². The van der Waals surface area contributed by atoms with Gasteiger partial charge in [-0.15, -0.1) is 0 Å². The highest BCUT2D eigenvalue weighted by molar-refractivity contribution is 7.88. The van der Waals surface area contributed by atoms with Gasteiger partial charge in [-0.2, -0.15) is 0 Å². The molecule has 1 fully saturated rings. The van der Waals surface area contributed by atoms with Crippen molar-refractivity contribution in [2.45, 2.75) is 18.5 Å². The van der Waals surface area contributed by atoms with Crippen LogP contribution in [0.15, 0.2) is 36.4 Å². The van der Waals surface area contributed by atoms with Crippen LogP contribution in [0.4, 0.5) is 5.69 Å². The third-order valence-corrected chi connectivity index (χ3v) is 6.22. The van der Waals surface area contributed by atoms with Gasteiger partial charge in [-0.05, 0) is 42.3 Å². The summed E-state index contributed by atoms with van der Waals surface area (Å²) in [6, 6.07) is 9.08. The summed E-state index contributed by atoms with van der Waals surface area (Å²) in [7, 11) is -1.91. The van der Waals surface area contributed by atoms with Crippen molar-refractivity contribution in [2.24, 2.45) is 0 Å². The highest BCUT2D eigenvalue weighted by Crippen LogP contribution is 2.36. The summed E-state index contributed by atoms with van der Waals surface area (Å²) in [5.74, 6) is -0.0806. The number of hydrogen-bond acceptors (Lipinski definition) is 5. The van der Waals surface area contributed by atoms with Gasteiger partial charge in [0.05, 0.1) is 24.6 Å². The maximum absolute atomic E-state index is 13.3. The van der Waals surface area contributed by atoms with Gasteiger partial charge in [0.1, 0.15) is 11.8 Å². The van der Waals surface area contributed by atoms with Crippen LogP contribution in [0.5, 0.6) is 5.75 Å². The van der Waals surface area contributed by atoms with E-state index in [2.05, 4.69) is 10.0 Å². The van der Waals surface area contributed by atoms with Crippen LogP contribution in [0.1, 0.15) is 16.8 Å². The Balaban J connectivity index is 1.73. The summed E-state index contributed by atoms with van der Waals surface area (Å²) in [4.78, 5) is 27.4. The van der Waals surface area contributed by atoms with Gasteiger partial charge in [0.15, 0.2) is 0 Å². The van der Waals surface area contributed by atoms with E-state index in [1.165, 1.54) is 4.90 Å². The third-order valence-electron chi connectivity index (χ3n) is 5.23. The van der Waals surface area contributed by atoms with Crippen molar-refractivity contribution < 1.29 is 22.7 Å². The largest absolute Gasteiger partial charge is 0.496 e. The van der Waals surface area contributed by atoms with Gasteiger partial charge in [0, 0.05) is 23.2 Å². The molecular formula is C20H20ClN3O5S. The SMILES string of the molecule is COc1ccc(Cl)cc1-c1ccc2c(c1)C(=O)N1CC(NS(C)(=O)=O)CC1C(=O)N2. The molecule has 0 bridgehead atoms. The highest BCUT2D eigenvalue weighted by atomic mass is 35.5. The molecule has 2 atom stereocenters. The first-order chi connectivity index (χ1) is 14.2. The molecule has 2 amide bonds. The van der Waals surface area contributed by atoms with Crippen molar-refractivity contribution in [2.75, 3.05) is 25.2 Å². The molecule has 30 heavy (non-hydrogen) atoms. The van der Waals surface area contributed by atoms with Crippen LogP contribution in [0.3, 0.4) is 0 Å². The van der Waals surface area contributed by atoms with E-state index in [4.69, 9.17) is 16.3 Å². The molecule has 10 heteroatoms. The van der Waals surface area contributed by atoms with E-state index >= 15 is 0 Å². The van der Waals surface area contributed by atoms with Crippen molar-refractivity contribution in [3.63, 3.8) is 0 Å². The molecule has 0 aliphatic carbocycles. The van der Waals surface area contributed by atoms with E-state index in [0.717, 1.165) is 6.26 Å². The fraction of sp³-hybridized carbons (Fsp3) is 0.300. The molecule has 0 spiro atoms. The molecule has 0 aromatic heterocycles. The predicted octanol–water partition coefficient (Wildman–Crippen LogP) is 2.10. The van der Waals surface area contributed by atoms with Gasteiger partial charge in [0.2, 0.25) is 15.9 Å². The minimum atomic E-state index is -3.46. The number of benzene rings is 2. The van der Waals surface area contributed by atoms with Crippen LogP contribution in [-0.4, -0.2) is 57.1 Å². The minimum Gasteiger partial charge on any atom is -0.496 e. The molecule has 0 radical (unpaired) electrons. The van der Waals surface area contributed by atoms with E-state index in [1.807, 2.05) is 0 Å². The lowest BCUT2D eigenvalue weighted by atomic mass is 10.0. The number of halogens is 1. The van der Waals surface area contributed by atoms with Gasteiger partial charge < -0.3 is 15.0 Å². The first kappa shape index (κ1) is 20.6. The lowest BCUT2D eigenvalue weighted by molar-refractivity contribution is -0.119. The molecular weight excluding hydrogens is 430 g/mol. The zero-order valence-corrected chi connectivity index (χ0v) is 17.9. The molecule has 0 saturated carbocycles. The van der Waals surface area contributed by atoms with Crippen molar-refractivity contribution in [1.29, 1.82) is 0 Å². The standard InChI is InChI=1S/C20H20ClN3O5S/c1-29-18-6-4-12(21)8-14(18)11-3-5-16-15(7-11)20(26)24-10-13(23-30(2,27)28)9-17(24)19(25)22-16/h3-8,13,17,23H,9-10H2,1-2H3,(H,22,25). The zero-order valence-electron chi connectivity index (χ0n) is 16.3.